The van der Waals surface area contributed by atoms with Gasteiger partial charge in [-0.25, -0.2) is 4.79 Å². The van der Waals surface area contributed by atoms with E-state index in [1.165, 1.54) is 0 Å². The lowest BCUT2D eigenvalue weighted by Crippen LogP contribution is -2.05. The largest absolute Gasteiger partial charge is 0.458 e. The molecule has 2 aromatic rings. The van der Waals surface area contributed by atoms with Crippen LogP contribution in [-0.4, -0.2) is 25.8 Å². The fourth-order valence-electron chi connectivity index (χ4n) is 2.51. The standard InChI is InChI=1S/C20H25O4P/c1-5-12-22-20(21)18-11-9-16-8-10-17(13-19(16)14-18)15(4)25(23-6-2)24-7-3/h5,8-11,13-15H,1,6-7,12H2,2-4H3. The number of esters is 1. The van der Waals surface area contributed by atoms with Gasteiger partial charge in [-0.15, -0.1) is 0 Å². The molecule has 2 aromatic carbocycles. The Morgan fingerprint density at radius 2 is 1.80 bits per heavy atom. The second-order valence-corrected chi connectivity index (χ2v) is 7.37. The molecule has 2 rings (SSSR count). The van der Waals surface area contributed by atoms with Crippen molar-refractivity contribution in [3.8, 4) is 0 Å². The molecule has 0 aliphatic carbocycles. The number of ether oxygens (including phenoxy) is 1. The average molecular weight is 360 g/mol. The Kier molecular flexibility index (Phi) is 7.57. The highest BCUT2D eigenvalue weighted by Gasteiger charge is 2.21. The Bertz CT molecular complexity index is 723. The zero-order chi connectivity index (χ0) is 18.2. The highest BCUT2D eigenvalue weighted by Crippen LogP contribution is 2.52. The molecule has 0 aliphatic heterocycles. The third kappa shape index (κ3) is 5.12. The topological polar surface area (TPSA) is 44.8 Å². The van der Waals surface area contributed by atoms with Gasteiger partial charge in [-0.05, 0) is 49.2 Å². The van der Waals surface area contributed by atoms with E-state index in [0.717, 1.165) is 16.3 Å². The molecule has 1 atom stereocenters. The molecule has 0 saturated carbocycles. The van der Waals surface area contributed by atoms with Crippen molar-refractivity contribution in [2.45, 2.75) is 26.4 Å². The summed E-state index contributed by atoms with van der Waals surface area (Å²) in [5.74, 6) is -0.342. The highest BCUT2D eigenvalue weighted by atomic mass is 31.2. The molecule has 0 N–H and O–H groups in total. The summed E-state index contributed by atoms with van der Waals surface area (Å²) in [5, 5.41) is 2.08. The van der Waals surface area contributed by atoms with Crippen LogP contribution < -0.4 is 0 Å². The fourth-order valence-corrected chi connectivity index (χ4v) is 3.94. The van der Waals surface area contributed by atoms with Gasteiger partial charge < -0.3 is 13.8 Å². The zero-order valence-electron chi connectivity index (χ0n) is 15.0. The predicted octanol–water partition coefficient (Wildman–Crippen LogP) is 5.63. The van der Waals surface area contributed by atoms with Crippen LogP contribution in [0.1, 0.15) is 42.4 Å². The van der Waals surface area contributed by atoms with E-state index in [2.05, 4.69) is 31.7 Å². The first kappa shape index (κ1) is 19.6. The number of fused-ring (bicyclic) bond motifs is 1. The highest BCUT2D eigenvalue weighted by molar-refractivity contribution is 7.47. The summed E-state index contributed by atoms with van der Waals surface area (Å²) in [6.45, 7) is 11.1. The Balaban J connectivity index is 2.29. The van der Waals surface area contributed by atoms with E-state index in [-0.39, 0.29) is 18.2 Å². The zero-order valence-corrected chi connectivity index (χ0v) is 15.9. The summed E-state index contributed by atoms with van der Waals surface area (Å²) in [5.41, 5.74) is 1.82. The van der Waals surface area contributed by atoms with Crippen LogP contribution in [0.3, 0.4) is 0 Å². The lowest BCUT2D eigenvalue weighted by molar-refractivity contribution is 0.0550. The second kappa shape index (κ2) is 9.67. The van der Waals surface area contributed by atoms with Gasteiger partial charge in [0.05, 0.1) is 24.4 Å². The van der Waals surface area contributed by atoms with Crippen LogP contribution in [-0.2, 0) is 13.8 Å². The van der Waals surface area contributed by atoms with Crippen LogP contribution in [0, 0.1) is 0 Å². The monoisotopic (exact) mass is 360 g/mol. The summed E-state index contributed by atoms with van der Waals surface area (Å²) >= 11 is 0. The van der Waals surface area contributed by atoms with E-state index in [0.29, 0.717) is 18.8 Å². The fraction of sp³-hybridized carbons (Fsp3) is 0.350. The van der Waals surface area contributed by atoms with Crippen molar-refractivity contribution >= 4 is 25.1 Å². The van der Waals surface area contributed by atoms with Gasteiger partial charge in [0.2, 0.25) is 0 Å². The minimum absolute atomic E-state index is 0.149. The maximum absolute atomic E-state index is 12.0. The Morgan fingerprint density at radius 1 is 1.12 bits per heavy atom. The van der Waals surface area contributed by atoms with Crippen LogP contribution in [0.4, 0.5) is 0 Å². The van der Waals surface area contributed by atoms with Crippen molar-refractivity contribution in [1.82, 2.24) is 0 Å². The lowest BCUT2D eigenvalue weighted by atomic mass is 10.0. The minimum atomic E-state index is -0.985. The summed E-state index contributed by atoms with van der Waals surface area (Å²) in [6, 6.07) is 11.8. The second-order valence-electron chi connectivity index (χ2n) is 5.51. The van der Waals surface area contributed by atoms with Crippen molar-refractivity contribution in [1.29, 1.82) is 0 Å². The molecule has 0 saturated heterocycles. The predicted molar refractivity (Wildman–Crippen MR) is 103 cm³/mol. The van der Waals surface area contributed by atoms with Gasteiger partial charge in [-0.3, -0.25) is 0 Å². The molecule has 0 bridgehead atoms. The van der Waals surface area contributed by atoms with E-state index in [1.54, 1.807) is 12.1 Å². The number of rotatable bonds is 9. The quantitative estimate of drug-likeness (QED) is 0.330. The number of hydrogen-bond acceptors (Lipinski definition) is 4. The molecule has 0 amide bonds. The van der Waals surface area contributed by atoms with E-state index < -0.39 is 8.38 Å². The van der Waals surface area contributed by atoms with Crippen molar-refractivity contribution in [2.24, 2.45) is 0 Å². The van der Waals surface area contributed by atoms with Crippen molar-refractivity contribution in [3.63, 3.8) is 0 Å². The van der Waals surface area contributed by atoms with E-state index in [4.69, 9.17) is 13.8 Å². The van der Waals surface area contributed by atoms with Gasteiger partial charge in [-0.1, -0.05) is 36.9 Å². The molecule has 5 heteroatoms. The van der Waals surface area contributed by atoms with Crippen molar-refractivity contribution in [2.75, 3.05) is 19.8 Å². The maximum atomic E-state index is 12.0. The minimum Gasteiger partial charge on any atom is -0.458 e. The molecule has 0 aromatic heterocycles. The van der Waals surface area contributed by atoms with E-state index in [1.807, 2.05) is 26.0 Å². The third-order valence-electron chi connectivity index (χ3n) is 3.74. The molecule has 25 heavy (non-hydrogen) atoms. The van der Waals surface area contributed by atoms with Crippen molar-refractivity contribution in [3.05, 3.63) is 60.2 Å². The van der Waals surface area contributed by atoms with Crippen LogP contribution in [0.15, 0.2) is 49.1 Å². The molecule has 4 nitrogen and oxygen atoms in total. The molecule has 0 aliphatic rings. The maximum Gasteiger partial charge on any atom is 0.338 e. The molecule has 1 unspecified atom stereocenters. The van der Waals surface area contributed by atoms with Crippen molar-refractivity contribution < 1.29 is 18.6 Å². The molecule has 134 valence electrons. The van der Waals surface area contributed by atoms with Gasteiger partial charge in [0.1, 0.15) is 6.61 Å². The van der Waals surface area contributed by atoms with Gasteiger partial charge in [0.15, 0.2) is 8.38 Å². The first-order valence-electron chi connectivity index (χ1n) is 8.47. The smallest absolute Gasteiger partial charge is 0.338 e. The third-order valence-corrected chi connectivity index (χ3v) is 5.70. The normalized spacial score (nSPS) is 12.3. The number of carbonyl (C=O) groups excluding carboxylic acids is 1. The van der Waals surface area contributed by atoms with Crippen LogP contribution >= 0.6 is 8.38 Å². The number of carbonyl (C=O) groups is 1. The SMILES string of the molecule is C=CCOC(=O)c1ccc2ccc(C(C)P(OCC)OCC)cc2c1. The van der Waals surface area contributed by atoms with Gasteiger partial charge in [0.25, 0.3) is 0 Å². The molecular formula is C20H25O4P. The first-order chi connectivity index (χ1) is 12.1. The molecule has 0 heterocycles. The van der Waals surface area contributed by atoms with Crippen LogP contribution in [0.2, 0.25) is 0 Å². The van der Waals surface area contributed by atoms with Gasteiger partial charge in [0, 0.05) is 0 Å². The number of hydrogen-bond donors (Lipinski definition) is 0. The Hall–Kier alpha value is -1.74. The Morgan fingerprint density at radius 3 is 2.44 bits per heavy atom. The Labute approximate surface area is 150 Å². The van der Waals surface area contributed by atoms with E-state index in [9.17, 15) is 4.79 Å². The summed E-state index contributed by atoms with van der Waals surface area (Å²) in [6.07, 6.45) is 1.56. The lowest BCUT2D eigenvalue weighted by Gasteiger charge is -2.23. The molecule has 0 fully saturated rings. The van der Waals surface area contributed by atoms with Gasteiger partial charge >= 0.3 is 5.97 Å². The summed E-state index contributed by atoms with van der Waals surface area (Å²) in [4.78, 5) is 12.0. The molecular weight excluding hydrogens is 335 g/mol. The molecule has 0 spiro atoms. The molecule has 0 radical (unpaired) electrons. The summed E-state index contributed by atoms with van der Waals surface area (Å²) < 4.78 is 16.7. The van der Waals surface area contributed by atoms with Crippen LogP contribution in [0.5, 0.6) is 0 Å². The number of benzene rings is 2. The van der Waals surface area contributed by atoms with E-state index >= 15 is 0 Å². The van der Waals surface area contributed by atoms with Gasteiger partial charge in [-0.2, -0.15) is 0 Å². The average Bonchev–Trinajstić information content (AvgIpc) is 2.64. The summed E-state index contributed by atoms with van der Waals surface area (Å²) in [7, 11) is -0.985. The first-order valence-corrected chi connectivity index (χ1v) is 9.72. The van der Waals surface area contributed by atoms with Crippen LogP contribution in [0.25, 0.3) is 10.8 Å².